The highest BCUT2D eigenvalue weighted by Crippen LogP contribution is 2.21. The van der Waals surface area contributed by atoms with E-state index in [1.807, 2.05) is 31.2 Å². The summed E-state index contributed by atoms with van der Waals surface area (Å²) in [6.45, 7) is 2.00. The summed E-state index contributed by atoms with van der Waals surface area (Å²) in [6.07, 6.45) is 1.72. The Morgan fingerprint density at radius 1 is 1.14 bits per heavy atom. The average molecular weight is 298 g/mol. The summed E-state index contributed by atoms with van der Waals surface area (Å²) in [5.41, 5.74) is 3.01. The number of benzene rings is 2. The number of aryl methyl sites for hydroxylation is 1. The zero-order valence-corrected chi connectivity index (χ0v) is 12.1. The van der Waals surface area contributed by atoms with Crippen molar-refractivity contribution < 1.29 is 9.53 Å². The largest absolute Gasteiger partial charge is 0.402 e. The second-order valence-electron chi connectivity index (χ2n) is 4.76. The van der Waals surface area contributed by atoms with Crippen LogP contribution >= 0.6 is 11.6 Å². The van der Waals surface area contributed by atoms with Gasteiger partial charge in [0.1, 0.15) is 0 Å². The lowest BCUT2D eigenvalue weighted by molar-refractivity contribution is -0.129. The molecule has 104 valence electrons. The van der Waals surface area contributed by atoms with Crippen LogP contribution in [0.1, 0.15) is 16.7 Å². The number of carbonyl (C=O) groups excluding carboxylic acids is 1. The van der Waals surface area contributed by atoms with Gasteiger partial charge in [0.2, 0.25) is 5.90 Å². The third kappa shape index (κ3) is 3.03. The van der Waals surface area contributed by atoms with Crippen LogP contribution in [-0.4, -0.2) is 11.9 Å². The lowest BCUT2D eigenvalue weighted by Crippen LogP contribution is -2.05. The number of esters is 1. The minimum atomic E-state index is -0.452. The Labute approximate surface area is 127 Å². The van der Waals surface area contributed by atoms with Gasteiger partial charge in [-0.25, -0.2) is 9.79 Å². The molecule has 3 nitrogen and oxygen atoms in total. The molecule has 0 N–H and O–H groups in total. The SMILES string of the molecule is Cc1cccc(C=C2N=C(c3cccc(Cl)c3)OC2=O)c1. The summed E-state index contributed by atoms with van der Waals surface area (Å²) in [5, 5.41) is 0.572. The van der Waals surface area contributed by atoms with E-state index in [0.29, 0.717) is 10.6 Å². The number of cyclic esters (lactones) is 1. The summed E-state index contributed by atoms with van der Waals surface area (Å²) >= 11 is 5.93. The van der Waals surface area contributed by atoms with Gasteiger partial charge in [0.25, 0.3) is 0 Å². The Hall–Kier alpha value is -2.39. The molecule has 2 aromatic carbocycles. The maximum atomic E-state index is 11.9. The molecule has 1 heterocycles. The molecule has 0 saturated carbocycles. The molecule has 0 aliphatic carbocycles. The number of rotatable bonds is 2. The highest BCUT2D eigenvalue weighted by molar-refractivity contribution is 6.31. The first-order valence-corrected chi connectivity index (χ1v) is 6.85. The van der Waals surface area contributed by atoms with Crippen molar-refractivity contribution in [1.82, 2.24) is 0 Å². The summed E-state index contributed by atoms with van der Waals surface area (Å²) in [7, 11) is 0. The van der Waals surface area contributed by atoms with Gasteiger partial charge in [-0.2, -0.15) is 0 Å². The average Bonchev–Trinajstić information content (AvgIpc) is 2.80. The fourth-order valence-corrected chi connectivity index (χ4v) is 2.26. The van der Waals surface area contributed by atoms with Crippen molar-refractivity contribution >= 4 is 29.5 Å². The molecule has 4 heteroatoms. The summed E-state index contributed by atoms with van der Waals surface area (Å²) < 4.78 is 5.20. The Bertz CT molecular complexity index is 778. The molecule has 0 radical (unpaired) electrons. The van der Waals surface area contributed by atoms with Crippen LogP contribution in [0, 0.1) is 6.92 Å². The Morgan fingerprint density at radius 3 is 2.71 bits per heavy atom. The van der Waals surface area contributed by atoms with Crippen molar-refractivity contribution in [1.29, 1.82) is 0 Å². The first-order chi connectivity index (χ1) is 10.1. The van der Waals surface area contributed by atoms with E-state index in [9.17, 15) is 4.79 Å². The summed E-state index contributed by atoms with van der Waals surface area (Å²) in [4.78, 5) is 16.1. The van der Waals surface area contributed by atoms with E-state index >= 15 is 0 Å². The molecule has 0 spiro atoms. The number of ether oxygens (including phenoxy) is 1. The monoisotopic (exact) mass is 297 g/mol. The number of hydrogen-bond acceptors (Lipinski definition) is 3. The van der Waals surface area contributed by atoms with E-state index in [4.69, 9.17) is 16.3 Å². The van der Waals surface area contributed by atoms with Crippen LogP contribution in [0.5, 0.6) is 0 Å². The van der Waals surface area contributed by atoms with E-state index in [2.05, 4.69) is 4.99 Å². The molecule has 0 atom stereocenters. The third-order valence-corrected chi connectivity index (χ3v) is 3.27. The van der Waals surface area contributed by atoms with Crippen LogP contribution < -0.4 is 0 Å². The molecule has 0 amide bonds. The molecule has 3 rings (SSSR count). The van der Waals surface area contributed by atoms with Crippen molar-refractivity contribution in [2.75, 3.05) is 0 Å². The smallest absolute Gasteiger partial charge is 0.363 e. The van der Waals surface area contributed by atoms with E-state index in [-0.39, 0.29) is 11.6 Å². The fraction of sp³-hybridized carbons (Fsp3) is 0.0588. The predicted molar refractivity (Wildman–Crippen MR) is 83.2 cm³/mol. The van der Waals surface area contributed by atoms with Gasteiger partial charge in [0.15, 0.2) is 5.70 Å². The molecule has 0 fully saturated rings. The first-order valence-electron chi connectivity index (χ1n) is 6.47. The number of hydrogen-bond donors (Lipinski definition) is 0. The second kappa shape index (κ2) is 5.54. The Morgan fingerprint density at radius 2 is 1.95 bits per heavy atom. The fourth-order valence-electron chi connectivity index (χ4n) is 2.07. The molecule has 0 bridgehead atoms. The lowest BCUT2D eigenvalue weighted by Gasteiger charge is -1.99. The number of halogens is 1. The Balaban J connectivity index is 1.95. The number of aliphatic imine (C=N–C) groups is 1. The van der Waals surface area contributed by atoms with Crippen LogP contribution in [0.4, 0.5) is 0 Å². The third-order valence-electron chi connectivity index (χ3n) is 3.04. The minimum absolute atomic E-state index is 0.279. The van der Waals surface area contributed by atoms with Crippen molar-refractivity contribution in [3.63, 3.8) is 0 Å². The molecule has 21 heavy (non-hydrogen) atoms. The maximum Gasteiger partial charge on any atom is 0.363 e. The van der Waals surface area contributed by atoms with Gasteiger partial charge in [-0.3, -0.25) is 0 Å². The van der Waals surface area contributed by atoms with Gasteiger partial charge in [0.05, 0.1) is 0 Å². The first kappa shape index (κ1) is 13.6. The van der Waals surface area contributed by atoms with E-state index in [1.165, 1.54) is 0 Å². The van der Waals surface area contributed by atoms with Gasteiger partial charge in [-0.1, -0.05) is 47.5 Å². The van der Waals surface area contributed by atoms with Crippen LogP contribution in [0.15, 0.2) is 59.2 Å². The van der Waals surface area contributed by atoms with Crippen molar-refractivity contribution in [3.05, 3.63) is 75.9 Å². The lowest BCUT2D eigenvalue weighted by atomic mass is 10.1. The zero-order valence-electron chi connectivity index (χ0n) is 11.3. The molecule has 1 aliphatic heterocycles. The van der Waals surface area contributed by atoms with Crippen LogP contribution in [-0.2, 0) is 9.53 Å². The normalized spacial score (nSPS) is 16.0. The minimum Gasteiger partial charge on any atom is -0.402 e. The molecule has 1 aliphatic rings. The number of nitrogens with zero attached hydrogens (tertiary/aromatic N) is 1. The van der Waals surface area contributed by atoms with Gasteiger partial charge in [0, 0.05) is 10.6 Å². The molecule has 0 aromatic heterocycles. The molecular weight excluding hydrogens is 286 g/mol. The summed E-state index contributed by atoms with van der Waals surface area (Å²) in [6, 6.07) is 14.9. The second-order valence-corrected chi connectivity index (χ2v) is 5.20. The van der Waals surface area contributed by atoms with E-state index in [0.717, 1.165) is 11.1 Å². The van der Waals surface area contributed by atoms with Crippen LogP contribution in [0.3, 0.4) is 0 Å². The van der Waals surface area contributed by atoms with E-state index in [1.54, 1.807) is 30.3 Å². The van der Waals surface area contributed by atoms with Gasteiger partial charge >= 0.3 is 5.97 Å². The molecule has 2 aromatic rings. The highest BCUT2D eigenvalue weighted by atomic mass is 35.5. The van der Waals surface area contributed by atoms with Gasteiger partial charge < -0.3 is 4.74 Å². The quantitative estimate of drug-likeness (QED) is 0.621. The molecular formula is C17H12ClNO2. The maximum absolute atomic E-state index is 11.9. The molecule has 0 saturated heterocycles. The Kier molecular flexibility index (Phi) is 3.59. The summed E-state index contributed by atoms with van der Waals surface area (Å²) in [5.74, 6) is -0.173. The van der Waals surface area contributed by atoms with Gasteiger partial charge in [-0.05, 0) is 36.8 Å². The van der Waals surface area contributed by atoms with E-state index < -0.39 is 5.97 Å². The topological polar surface area (TPSA) is 38.7 Å². The highest BCUT2D eigenvalue weighted by Gasteiger charge is 2.24. The molecule has 0 unspecified atom stereocenters. The number of carbonyl (C=O) groups is 1. The van der Waals surface area contributed by atoms with Crippen molar-refractivity contribution in [2.45, 2.75) is 6.92 Å². The standard InChI is InChI=1S/C17H12ClNO2/c1-11-4-2-5-12(8-11)9-15-17(20)21-16(19-15)13-6-3-7-14(18)10-13/h2-10H,1H3. The van der Waals surface area contributed by atoms with Crippen LogP contribution in [0.2, 0.25) is 5.02 Å². The van der Waals surface area contributed by atoms with Crippen molar-refractivity contribution in [3.8, 4) is 0 Å². The van der Waals surface area contributed by atoms with Gasteiger partial charge in [-0.15, -0.1) is 0 Å². The van der Waals surface area contributed by atoms with Crippen LogP contribution in [0.25, 0.3) is 6.08 Å². The van der Waals surface area contributed by atoms with Crippen molar-refractivity contribution in [2.24, 2.45) is 4.99 Å². The predicted octanol–water partition coefficient (Wildman–Crippen LogP) is 3.99. The zero-order chi connectivity index (χ0) is 14.8.